The molecule has 0 fully saturated rings. The Hall–Kier alpha value is -1.99. The molecule has 2 N–H and O–H groups in total. The molecule has 1 unspecified atom stereocenters. The number of anilines is 1. The first-order valence-corrected chi connectivity index (χ1v) is 6.26. The molecule has 4 heteroatoms. The van der Waals surface area contributed by atoms with E-state index in [2.05, 4.69) is 13.0 Å². The van der Waals surface area contributed by atoms with Crippen molar-refractivity contribution in [2.24, 2.45) is 5.73 Å². The van der Waals surface area contributed by atoms with Gasteiger partial charge in [-0.05, 0) is 18.6 Å². The van der Waals surface area contributed by atoms with Crippen molar-refractivity contribution >= 4 is 5.69 Å². The predicted octanol–water partition coefficient (Wildman–Crippen LogP) is 2.22. The van der Waals surface area contributed by atoms with Gasteiger partial charge >= 0.3 is 0 Å². The van der Waals surface area contributed by atoms with Crippen LogP contribution in [0.4, 0.5) is 5.69 Å². The number of nitrogens with zero attached hydrogens (tertiary/aromatic N) is 3. The van der Waals surface area contributed by atoms with E-state index in [9.17, 15) is 0 Å². The van der Waals surface area contributed by atoms with Crippen LogP contribution in [0.1, 0.15) is 19.8 Å². The molecule has 2 rings (SSSR count). The standard InChI is InChI=1S/C14H18N4/c1-2-3-9-17-11-12(10-15)14(16)18(17)13-7-5-4-6-8-13/h4-8,11,14H,2-3,9,16H2,1H3. The minimum atomic E-state index is -0.380. The van der Waals surface area contributed by atoms with Crippen LogP contribution in [0.25, 0.3) is 0 Å². The Balaban J connectivity index is 2.24. The summed E-state index contributed by atoms with van der Waals surface area (Å²) in [6, 6.07) is 12.1. The lowest BCUT2D eigenvalue weighted by Gasteiger charge is -2.33. The predicted molar refractivity (Wildman–Crippen MR) is 72.2 cm³/mol. The summed E-state index contributed by atoms with van der Waals surface area (Å²) in [5, 5.41) is 13.1. The first-order chi connectivity index (χ1) is 8.77. The molecule has 0 radical (unpaired) electrons. The average molecular weight is 242 g/mol. The number of para-hydroxylation sites is 1. The van der Waals surface area contributed by atoms with Gasteiger partial charge in [0, 0.05) is 12.7 Å². The Morgan fingerprint density at radius 3 is 2.67 bits per heavy atom. The molecule has 0 aromatic heterocycles. The Kier molecular flexibility index (Phi) is 3.85. The molecule has 0 saturated carbocycles. The Morgan fingerprint density at radius 1 is 1.33 bits per heavy atom. The highest BCUT2D eigenvalue weighted by Crippen LogP contribution is 2.26. The van der Waals surface area contributed by atoms with Crippen molar-refractivity contribution in [3.63, 3.8) is 0 Å². The Morgan fingerprint density at radius 2 is 2.06 bits per heavy atom. The van der Waals surface area contributed by atoms with Crippen molar-refractivity contribution in [3.05, 3.63) is 42.1 Å². The van der Waals surface area contributed by atoms with E-state index in [1.54, 1.807) is 0 Å². The number of hydrogen-bond acceptors (Lipinski definition) is 4. The molecule has 1 aromatic carbocycles. The minimum absolute atomic E-state index is 0.380. The minimum Gasteiger partial charge on any atom is -0.305 e. The summed E-state index contributed by atoms with van der Waals surface area (Å²) in [6.07, 6.45) is 3.66. The monoisotopic (exact) mass is 242 g/mol. The van der Waals surface area contributed by atoms with Gasteiger partial charge in [0.15, 0.2) is 0 Å². The van der Waals surface area contributed by atoms with Crippen LogP contribution in [-0.4, -0.2) is 17.7 Å². The largest absolute Gasteiger partial charge is 0.305 e. The summed E-state index contributed by atoms with van der Waals surface area (Å²) in [6.45, 7) is 3.03. The fraction of sp³-hybridized carbons (Fsp3) is 0.357. The maximum Gasteiger partial charge on any atom is 0.135 e. The van der Waals surface area contributed by atoms with E-state index in [0.29, 0.717) is 5.57 Å². The summed E-state index contributed by atoms with van der Waals surface area (Å²) >= 11 is 0. The maximum atomic E-state index is 9.09. The highest BCUT2D eigenvalue weighted by molar-refractivity contribution is 5.52. The highest BCUT2D eigenvalue weighted by Gasteiger charge is 2.30. The SMILES string of the molecule is CCCCN1C=C(C#N)C(N)N1c1ccccc1. The molecule has 1 aliphatic rings. The van der Waals surface area contributed by atoms with Crippen LogP contribution >= 0.6 is 0 Å². The summed E-state index contributed by atoms with van der Waals surface area (Å²) in [5.74, 6) is 0. The third-order valence-electron chi connectivity index (χ3n) is 3.04. The molecular weight excluding hydrogens is 224 g/mol. The number of hydrazine groups is 1. The molecular formula is C14H18N4. The van der Waals surface area contributed by atoms with Crippen molar-refractivity contribution in [2.75, 3.05) is 11.6 Å². The van der Waals surface area contributed by atoms with E-state index in [1.807, 2.05) is 46.5 Å². The van der Waals surface area contributed by atoms with E-state index < -0.39 is 0 Å². The van der Waals surface area contributed by atoms with Crippen molar-refractivity contribution in [1.82, 2.24) is 5.01 Å². The number of hydrogen-bond donors (Lipinski definition) is 1. The molecule has 0 saturated heterocycles. The zero-order valence-corrected chi connectivity index (χ0v) is 10.6. The molecule has 0 bridgehead atoms. The number of rotatable bonds is 4. The van der Waals surface area contributed by atoms with Crippen molar-refractivity contribution in [1.29, 1.82) is 5.26 Å². The van der Waals surface area contributed by atoms with Crippen molar-refractivity contribution in [3.8, 4) is 6.07 Å². The van der Waals surface area contributed by atoms with Crippen molar-refractivity contribution < 1.29 is 0 Å². The first-order valence-electron chi connectivity index (χ1n) is 6.26. The second-order valence-corrected chi connectivity index (χ2v) is 4.34. The van der Waals surface area contributed by atoms with E-state index in [1.165, 1.54) is 0 Å². The van der Waals surface area contributed by atoms with E-state index in [-0.39, 0.29) is 6.17 Å². The maximum absolute atomic E-state index is 9.09. The van der Waals surface area contributed by atoms with Gasteiger partial charge < -0.3 is 5.73 Å². The van der Waals surface area contributed by atoms with Crippen LogP contribution in [0.5, 0.6) is 0 Å². The van der Waals surface area contributed by atoms with Crippen LogP contribution < -0.4 is 10.7 Å². The summed E-state index contributed by atoms with van der Waals surface area (Å²) in [5.41, 5.74) is 7.74. The number of unbranched alkanes of at least 4 members (excludes halogenated alkanes) is 1. The molecule has 1 heterocycles. The zero-order chi connectivity index (χ0) is 13.0. The zero-order valence-electron chi connectivity index (χ0n) is 10.6. The van der Waals surface area contributed by atoms with Gasteiger partial charge in [0.25, 0.3) is 0 Å². The van der Waals surface area contributed by atoms with Gasteiger partial charge in [-0.25, -0.2) is 0 Å². The topological polar surface area (TPSA) is 56.3 Å². The second kappa shape index (κ2) is 5.56. The van der Waals surface area contributed by atoms with Gasteiger partial charge in [0.2, 0.25) is 0 Å². The molecule has 1 aliphatic heterocycles. The Labute approximate surface area is 108 Å². The van der Waals surface area contributed by atoms with Crippen LogP contribution in [-0.2, 0) is 0 Å². The number of benzene rings is 1. The van der Waals surface area contributed by atoms with Crippen LogP contribution in [0.3, 0.4) is 0 Å². The average Bonchev–Trinajstić information content (AvgIpc) is 2.73. The second-order valence-electron chi connectivity index (χ2n) is 4.34. The number of nitrogens with two attached hydrogens (primary N) is 1. The number of nitriles is 1. The molecule has 1 aromatic rings. The van der Waals surface area contributed by atoms with E-state index >= 15 is 0 Å². The van der Waals surface area contributed by atoms with Gasteiger partial charge in [-0.3, -0.25) is 10.0 Å². The molecule has 0 aliphatic carbocycles. The van der Waals surface area contributed by atoms with Gasteiger partial charge in [0.05, 0.1) is 17.3 Å². The van der Waals surface area contributed by atoms with E-state index in [4.69, 9.17) is 11.0 Å². The van der Waals surface area contributed by atoms with Gasteiger partial charge in [-0.2, -0.15) is 5.26 Å². The van der Waals surface area contributed by atoms with Crippen LogP contribution in [0.2, 0.25) is 0 Å². The Bertz CT molecular complexity index is 460. The van der Waals surface area contributed by atoms with Gasteiger partial charge in [0.1, 0.15) is 6.17 Å². The fourth-order valence-electron chi connectivity index (χ4n) is 2.07. The lowest BCUT2D eigenvalue weighted by molar-refractivity contribution is 0.343. The quantitative estimate of drug-likeness (QED) is 0.879. The van der Waals surface area contributed by atoms with Crippen LogP contribution in [0, 0.1) is 11.3 Å². The summed E-state index contributed by atoms with van der Waals surface area (Å²) < 4.78 is 0. The third-order valence-corrected chi connectivity index (χ3v) is 3.04. The summed E-state index contributed by atoms with van der Waals surface area (Å²) in [7, 11) is 0. The lowest BCUT2D eigenvalue weighted by atomic mass is 10.2. The smallest absolute Gasteiger partial charge is 0.135 e. The molecule has 0 spiro atoms. The highest BCUT2D eigenvalue weighted by atomic mass is 15.7. The lowest BCUT2D eigenvalue weighted by Crippen LogP contribution is -2.46. The van der Waals surface area contributed by atoms with E-state index in [0.717, 1.165) is 25.1 Å². The third kappa shape index (κ3) is 2.31. The van der Waals surface area contributed by atoms with Gasteiger partial charge in [-0.15, -0.1) is 0 Å². The molecule has 18 heavy (non-hydrogen) atoms. The van der Waals surface area contributed by atoms with Crippen LogP contribution in [0.15, 0.2) is 42.1 Å². The first kappa shape index (κ1) is 12.5. The molecule has 94 valence electrons. The molecule has 1 atom stereocenters. The molecule has 0 amide bonds. The summed E-state index contributed by atoms with van der Waals surface area (Å²) in [4.78, 5) is 0. The fourth-order valence-corrected chi connectivity index (χ4v) is 2.07. The van der Waals surface area contributed by atoms with Gasteiger partial charge in [-0.1, -0.05) is 31.5 Å². The van der Waals surface area contributed by atoms with Crippen molar-refractivity contribution in [2.45, 2.75) is 25.9 Å². The normalized spacial score (nSPS) is 18.7. The molecule has 4 nitrogen and oxygen atoms in total.